The molecule has 0 aliphatic carbocycles. The van der Waals surface area contributed by atoms with Gasteiger partial charge < -0.3 is 4.42 Å². The molecule has 2 nitrogen and oxygen atoms in total. The third-order valence-electron chi connectivity index (χ3n) is 3.22. The minimum Gasteiger partial charge on any atom is -0.456 e. The molecule has 108 valence electrons. The zero-order valence-corrected chi connectivity index (χ0v) is 13.9. The molecule has 1 heterocycles. The second-order valence-electron chi connectivity index (χ2n) is 4.72. The first kappa shape index (κ1) is 14.8. The first-order valence-corrected chi connectivity index (χ1v) is 7.95. The van der Waals surface area contributed by atoms with Crippen molar-refractivity contribution >= 4 is 44.5 Å². The maximum Gasteiger partial charge on any atom is 0.200 e. The van der Waals surface area contributed by atoms with Crippen LogP contribution in [-0.4, -0.2) is 0 Å². The highest BCUT2D eigenvalue weighted by Gasteiger charge is 2.04. The maximum atomic E-state index is 12.0. The second-order valence-corrected chi connectivity index (χ2v) is 5.96. The number of hydrogen-bond acceptors (Lipinski definition) is 2. The van der Waals surface area contributed by atoms with Gasteiger partial charge in [0, 0.05) is 3.57 Å². The van der Waals surface area contributed by atoms with Gasteiger partial charge in [-0.05, 0) is 59.0 Å². The molecule has 0 amide bonds. The molecule has 0 aliphatic rings. The van der Waals surface area contributed by atoms with Gasteiger partial charge in [0.1, 0.15) is 11.2 Å². The molecule has 3 aromatic carbocycles. The van der Waals surface area contributed by atoms with E-state index >= 15 is 0 Å². The Labute approximate surface area is 141 Å². The lowest BCUT2D eigenvalue weighted by atomic mass is 10.1. The highest BCUT2D eigenvalue weighted by molar-refractivity contribution is 14.1. The Morgan fingerprint density at radius 2 is 1.09 bits per heavy atom. The van der Waals surface area contributed by atoms with Crippen molar-refractivity contribution in [2.75, 3.05) is 0 Å². The highest BCUT2D eigenvalue weighted by atomic mass is 127. The average Bonchev–Trinajstić information content (AvgIpc) is 2.57. The number of hydrogen-bond donors (Lipinski definition) is 0. The topological polar surface area (TPSA) is 30.2 Å². The summed E-state index contributed by atoms with van der Waals surface area (Å²) in [5, 5.41) is 1.27. The summed E-state index contributed by atoms with van der Waals surface area (Å²) in [6, 6.07) is 24.8. The van der Waals surface area contributed by atoms with E-state index in [1.165, 1.54) is 3.57 Å². The van der Waals surface area contributed by atoms with Crippen LogP contribution < -0.4 is 5.43 Å². The van der Waals surface area contributed by atoms with Crippen molar-refractivity contribution < 1.29 is 4.42 Å². The van der Waals surface area contributed by atoms with Gasteiger partial charge in [-0.15, -0.1) is 0 Å². The van der Waals surface area contributed by atoms with Crippen molar-refractivity contribution in [3.8, 4) is 0 Å². The molecule has 0 radical (unpaired) electrons. The third-order valence-corrected chi connectivity index (χ3v) is 3.94. The highest BCUT2D eigenvalue weighted by Crippen LogP contribution is 2.17. The van der Waals surface area contributed by atoms with Crippen molar-refractivity contribution in [2.24, 2.45) is 0 Å². The molecule has 0 aliphatic heterocycles. The third kappa shape index (κ3) is 3.20. The molecule has 4 aromatic rings. The van der Waals surface area contributed by atoms with Crippen LogP contribution in [0.15, 0.2) is 88.1 Å². The fraction of sp³-hybridized carbons (Fsp3) is 0. The van der Waals surface area contributed by atoms with E-state index in [2.05, 4.69) is 34.7 Å². The van der Waals surface area contributed by atoms with Gasteiger partial charge in [0.2, 0.25) is 5.43 Å². The summed E-state index contributed by atoms with van der Waals surface area (Å²) in [7, 11) is 0. The maximum absolute atomic E-state index is 12.0. The van der Waals surface area contributed by atoms with Gasteiger partial charge >= 0.3 is 0 Å². The van der Waals surface area contributed by atoms with Crippen LogP contribution >= 0.6 is 22.6 Å². The first-order chi connectivity index (χ1) is 10.8. The summed E-state index contributed by atoms with van der Waals surface area (Å²) in [5.41, 5.74) is 1.31. The van der Waals surface area contributed by atoms with Crippen molar-refractivity contribution in [3.63, 3.8) is 0 Å². The van der Waals surface area contributed by atoms with Gasteiger partial charge in [-0.3, -0.25) is 4.79 Å². The predicted molar refractivity (Wildman–Crippen MR) is 99.1 cm³/mol. The predicted octanol–water partition coefficient (Wildman–Crippen LogP) is 5.24. The van der Waals surface area contributed by atoms with Gasteiger partial charge in [-0.2, -0.15) is 0 Å². The zero-order valence-electron chi connectivity index (χ0n) is 11.7. The number of fused-ring (bicyclic) bond motifs is 2. The lowest BCUT2D eigenvalue weighted by molar-refractivity contribution is 0.660. The SMILES string of the molecule is Ic1ccccc1.O=c1c2ccccc2oc2ccccc12. The van der Waals surface area contributed by atoms with E-state index < -0.39 is 0 Å². The van der Waals surface area contributed by atoms with Crippen LogP contribution in [0.4, 0.5) is 0 Å². The van der Waals surface area contributed by atoms with Crippen LogP contribution in [0.3, 0.4) is 0 Å². The lowest BCUT2D eigenvalue weighted by Gasteiger charge is -1.99. The molecular formula is C19H13IO2. The summed E-state index contributed by atoms with van der Waals surface area (Å²) >= 11 is 2.28. The molecule has 0 unspecified atom stereocenters. The van der Waals surface area contributed by atoms with Crippen LogP contribution in [0.1, 0.15) is 0 Å². The largest absolute Gasteiger partial charge is 0.456 e. The van der Waals surface area contributed by atoms with Crippen LogP contribution in [-0.2, 0) is 0 Å². The Kier molecular flexibility index (Phi) is 4.53. The summed E-state index contributed by atoms with van der Waals surface area (Å²) in [6.45, 7) is 0. The van der Waals surface area contributed by atoms with Gasteiger partial charge in [-0.25, -0.2) is 0 Å². The molecule has 1 aromatic heterocycles. The van der Waals surface area contributed by atoms with Crippen LogP contribution in [0.25, 0.3) is 21.9 Å². The monoisotopic (exact) mass is 400 g/mol. The molecule has 4 rings (SSSR count). The molecule has 0 saturated carbocycles. The molecule has 3 heteroatoms. The van der Waals surface area contributed by atoms with Crippen LogP contribution in [0.5, 0.6) is 0 Å². The van der Waals surface area contributed by atoms with E-state index in [0.717, 1.165) is 0 Å². The fourth-order valence-electron chi connectivity index (χ4n) is 2.16. The van der Waals surface area contributed by atoms with Crippen molar-refractivity contribution in [1.82, 2.24) is 0 Å². The molecule has 0 saturated heterocycles. The van der Waals surface area contributed by atoms with Gasteiger partial charge in [-0.1, -0.05) is 42.5 Å². The van der Waals surface area contributed by atoms with Crippen LogP contribution in [0.2, 0.25) is 0 Å². The summed E-state index contributed by atoms with van der Waals surface area (Å²) < 4.78 is 6.92. The van der Waals surface area contributed by atoms with E-state index in [1.54, 1.807) is 12.1 Å². The Morgan fingerprint density at radius 3 is 1.55 bits per heavy atom. The fourth-order valence-corrected chi connectivity index (χ4v) is 2.58. The number of halogens is 1. The lowest BCUT2D eigenvalue weighted by Crippen LogP contribution is -2.01. The van der Waals surface area contributed by atoms with Crippen LogP contribution in [0, 0.1) is 3.57 Å². The summed E-state index contributed by atoms with van der Waals surface area (Å²) in [4.78, 5) is 12.0. The molecular weight excluding hydrogens is 387 g/mol. The second kappa shape index (κ2) is 6.75. The minimum atomic E-state index is 0.0347. The molecule has 22 heavy (non-hydrogen) atoms. The standard InChI is InChI=1S/C13H8O2.C6H5I/c14-13-9-5-1-3-7-11(9)15-12-8-4-2-6-10(12)13;7-6-4-2-1-3-5-6/h1-8H;1-5H. The van der Waals surface area contributed by atoms with E-state index in [4.69, 9.17) is 4.42 Å². The quantitative estimate of drug-likeness (QED) is 0.299. The molecule has 0 atom stereocenters. The normalized spacial score (nSPS) is 10.2. The number of rotatable bonds is 0. The van der Waals surface area contributed by atoms with E-state index in [9.17, 15) is 4.79 Å². The number of para-hydroxylation sites is 2. The van der Waals surface area contributed by atoms with E-state index in [0.29, 0.717) is 21.9 Å². The minimum absolute atomic E-state index is 0.0347. The summed E-state index contributed by atoms with van der Waals surface area (Å²) in [6.07, 6.45) is 0. The Bertz CT molecular complexity index is 902. The van der Waals surface area contributed by atoms with Crippen molar-refractivity contribution in [2.45, 2.75) is 0 Å². The van der Waals surface area contributed by atoms with Gasteiger partial charge in [0.05, 0.1) is 10.8 Å². The van der Waals surface area contributed by atoms with Crippen molar-refractivity contribution in [1.29, 1.82) is 0 Å². The zero-order chi connectivity index (χ0) is 15.4. The van der Waals surface area contributed by atoms with Crippen molar-refractivity contribution in [3.05, 3.63) is 92.7 Å². The average molecular weight is 400 g/mol. The smallest absolute Gasteiger partial charge is 0.200 e. The molecule has 0 spiro atoms. The Balaban J connectivity index is 0.000000174. The molecule has 0 fully saturated rings. The first-order valence-electron chi connectivity index (χ1n) is 6.87. The Morgan fingerprint density at radius 1 is 0.636 bits per heavy atom. The van der Waals surface area contributed by atoms with Gasteiger partial charge in [0.25, 0.3) is 0 Å². The van der Waals surface area contributed by atoms with E-state index in [-0.39, 0.29) is 5.43 Å². The van der Waals surface area contributed by atoms with Gasteiger partial charge in [0.15, 0.2) is 0 Å². The molecule has 0 N–H and O–H groups in total. The number of benzene rings is 3. The Hall–Kier alpha value is -2.14. The van der Waals surface area contributed by atoms with E-state index in [1.807, 2.05) is 54.6 Å². The molecule has 0 bridgehead atoms. The summed E-state index contributed by atoms with van der Waals surface area (Å²) in [5.74, 6) is 0.